The Balaban J connectivity index is 1.10. The third-order valence-electron chi connectivity index (χ3n) is 6.44. The first-order valence-corrected chi connectivity index (χ1v) is 12.5. The molecule has 1 N–H and O–H groups in total. The van der Waals surface area contributed by atoms with E-state index in [0.717, 1.165) is 54.3 Å². The molecule has 33 heavy (non-hydrogen) atoms. The van der Waals surface area contributed by atoms with Gasteiger partial charge in [-0.1, -0.05) is 59.9 Å². The molecule has 0 spiro atoms. The van der Waals surface area contributed by atoms with Crippen LogP contribution in [0.5, 0.6) is 0 Å². The molecule has 170 valence electrons. The van der Waals surface area contributed by atoms with Gasteiger partial charge in [0.25, 0.3) is 0 Å². The first kappa shape index (κ1) is 21.9. The summed E-state index contributed by atoms with van der Waals surface area (Å²) in [6.45, 7) is 9.79. The van der Waals surface area contributed by atoms with Gasteiger partial charge >= 0.3 is 0 Å². The van der Waals surface area contributed by atoms with Crippen LogP contribution in [0.4, 0.5) is 5.13 Å². The molecule has 5 rings (SSSR count). The number of fused-ring (bicyclic) bond motifs is 2. The number of aromatic nitrogens is 1. The van der Waals surface area contributed by atoms with Crippen molar-refractivity contribution in [1.29, 1.82) is 0 Å². The summed E-state index contributed by atoms with van der Waals surface area (Å²) in [5, 5.41) is 6.58. The van der Waals surface area contributed by atoms with Gasteiger partial charge in [0.05, 0.1) is 16.6 Å². The fourth-order valence-electron chi connectivity index (χ4n) is 4.69. The summed E-state index contributed by atoms with van der Waals surface area (Å²) in [7, 11) is 0. The van der Waals surface area contributed by atoms with Gasteiger partial charge in [0.15, 0.2) is 5.13 Å². The molecule has 3 aromatic carbocycles. The number of carbonyl (C=O) groups is 1. The second-order valence-electron chi connectivity index (χ2n) is 8.92. The number of hydrogen-bond acceptors (Lipinski definition) is 5. The Morgan fingerprint density at radius 2 is 1.82 bits per heavy atom. The van der Waals surface area contributed by atoms with E-state index in [-0.39, 0.29) is 5.91 Å². The van der Waals surface area contributed by atoms with E-state index >= 15 is 0 Å². The first-order valence-electron chi connectivity index (χ1n) is 11.7. The number of amides is 1. The summed E-state index contributed by atoms with van der Waals surface area (Å²) >= 11 is 1.80. The van der Waals surface area contributed by atoms with E-state index in [2.05, 4.69) is 59.3 Å². The van der Waals surface area contributed by atoms with Crippen LogP contribution in [0.2, 0.25) is 0 Å². The van der Waals surface area contributed by atoms with Gasteiger partial charge in [-0.3, -0.25) is 9.69 Å². The Morgan fingerprint density at radius 3 is 2.67 bits per heavy atom. The molecule has 0 bridgehead atoms. The lowest BCUT2D eigenvalue weighted by Gasteiger charge is -2.34. The summed E-state index contributed by atoms with van der Waals surface area (Å²) in [5.41, 5.74) is 4.77. The highest BCUT2D eigenvalue weighted by Gasteiger charge is 2.20. The Labute approximate surface area is 199 Å². The number of nitrogens with one attached hydrogen (secondary N) is 1. The Bertz CT molecular complexity index is 1280. The zero-order chi connectivity index (χ0) is 22.8. The van der Waals surface area contributed by atoms with Crippen LogP contribution in [-0.2, 0) is 11.2 Å². The summed E-state index contributed by atoms with van der Waals surface area (Å²) in [6.07, 6.45) is 0.422. The predicted octanol–water partition coefficient (Wildman–Crippen LogP) is 4.55. The molecule has 1 aliphatic rings. The lowest BCUT2D eigenvalue weighted by atomic mass is 10.0. The normalized spacial score (nSPS) is 14.8. The van der Waals surface area contributed by atoms with Crippen LogP contribution in [0.25, 0.3) is 21.0 Å². The second-order valence-corrected chi connectivity index (χ2v) is 9.93. The second kappa shape index (κ2) is 9.49. The van der Waals surface area contributed by atoms with Crippen LogP contribution in [0.3, 0.4) is 0 Å². The lowest BCUT2D eigenvalue weighted by molar-refractivity contribution is -0.120. The van der Waals surface area contributed by atoms with E-state index in [1.165, 1.54) is 21.2 Å². The smallest absolute Gasteiger partial charge is 0.224 e. The molecule has 0 saturated carbocycles. The molecule has 1 saturated heterocycles. The molecule has 1 aromatic heterocycles. The van der Waals surface area contributed by atoms with Crippen LogP contribution in [0, 0.1) is 13.8 Å². The molecule has 1 amide bonds. The number of rotatable bonds is 6. The minimum Gasteiger partial charge on any atom is -0.355 e. The summed E-state index contributed by atoms with van der Waals surface area (Å²) in [6, 6.07) is 18.8. The summed E-state index contributed by atoms with van der Waals surface area (Å²) in [4.78, 5) is 22.3. The maximum absolute atomic E-state index is 12.5. The first-order chi connectivity index (χ1) is 16.1. The van der Waals surface area contributed by atoms with Crippen LogP contribution in [-0.4, -0.2) is 55.1 Å². The third-order valence-corrected chi connectivity index (χ3v) is 7.51. The molecule has 1 aliphatic heterocycles. The van der Waals surface area contributed by atoms with Crippen molar-refractivity contribution in [2.45, 2.75) is 20.3 Å². The number of aryl methyl sites for hydroxylation is 2. The van der Waals surface area contributed by atoms with E-state index < -0.39 is 0 Å². The highest BCUT2D eigenvalue weighted by atomic mass is 32.1. The average molecular weight is 459 g/mol. The zero-order valence-corrected chi connectivity index (χ0v) is 20.1. The van der Waals surface area contributed by atoms with Crippen LogP contribution in [0.1, 0.15) is 16.7 Å². The zero-order valence-electron chi connectivity index (χ0n) is 19.3. The van der Waals surface area contributed by atoms with Gasteiger partial charge < -0.3 is 10.2 Å². The number of benzene rings is 3. The highest BCUT2D eigenvalue weighted by molar-refractivity contribution is 7.22. The molecule has 0 atom stereocenters. The molecule has 1 fully saturated rings. The molecule has 4 aromatic rings. The lowest BCUT2D eigenvalue weighted by Crippen LogP contribution is -2.48. The quantitative estimate of drug-likeness (QED) is 0.461. The van der Waals surface area contributed by atoms with Crippen molar-refractivity contribution in [2.75, 3.05) is 44.2 Å². The van der Waals surface area contributed by atoms with E-state index in [9.17, 15) is 4.79 Å². The molecule has 2 heterocycles. The number of nitrogens with zero attached hydrogens (tertiary/aromatic N) is 3. The minimum absolute atomic E-state index is 0.0881. The monoisotopic (exact) mass is 458 g/mol. The largest absolute Gasteiger partial charge is 0.355 e. The SMILES string of the molecule is Cc1cc(C)c2nc(N3CCN(CCNC(=O)Cc4cccc5ccccc45)CC3)sc2c1. The maximum atomic E-state index is 12.5. The molecule has 0 aliphatic carbocycles. The Morgan fingerprint density at radius 1 is 1.03 bits per heavy atom. The standard InChI is InChI=1S/C27H30N4OS/c1-19-16-20(2)26-24(17-19)33-27(29-26)31-14-12-30(13-15-31)11-10-28-25(32)18-22-8-5-7-21-6-3-4-9-23(21)22/h3-9,16-17H,10-15,18H2,1-2H3,(H,28,32). The maximum Gasteiger partial charge on any atom is 0.224 e. The fourth-order valence-corrected chi connectivity index (χ4v) is 5.89. The number of piperazine rings is 1. The average Bonchev–Trinajstić information content (AvgIpc) is 3.24. The number of anilines is 1. The molecule has 5 nitrogen and oxygen atoms in total. The van der Waals surface area contributed by atoms with Gasteiger partial charge in [0.2, 0.25) is 5.91 Å². The topological polar surface area (TPSA) is 48.5 Å². The van der Waals surface area contributed by atoms with Gasteiger partial charge in [0.1, 0.15) is 0 Å². The van der Waals surface area contributed by atoms with Crippen molar-refractivity contribution in [2.24, 2.45) is 0 Å². The van der Waals surface area contributed by atoms with Gasteiger partial charge in [-0.25, -0.2) is 4.98 Å². The number of carbonyl (C=O) groups excluding carboxylic acids is 1. The minimum atomic E-state index is 0.0881. The summed E-state index contributed by atoms with van der Waals surface area (Å²) < 4.78 is 1.28. The van der Waals surface area contributed by atoms with Crippen LogP contribution >= 0.6 is 11.3 Å². The van der Waals surface area contributed by atoms with Crippen molar-refractivity contribution < 1.29 is 4.79 Å². The molecular weight excluding hydrogens is 428 g/mol. The Kier molecular flexibility index (Phi) is 6.29. The fraction of sp³-hybridized carbons (Fsp3) is 0.333. The summed E-state index contributed by atoms with van der Waals surface area (Å²) in [5.74, 6) is 0.0881. The van der Waals surface area contributed by atoms with E-state index in [0.29, 0.717) is 13.0 Å². The number of thiazole rings is 1. The van der Waals surface area contributed by atoms with Gasteiger partial charge in [-0.15, -0.1) is 0 Å². The van der Waals surface area contributed by atoms with Crippen LogP contribution < -0.4 is 10.2 Å². The van der Waals surface area contributed by atoms with Crippen molar-refractivity contribution in [3.05, 3.63) is 71.3 Å². The molecule has 0 unspecified atom stereocenters. The van der Waals surface area contributed by atoms with Crippen molar-refractivity contribution in [3.63, 3.8) is 0 Å². The molecular formula is C27H30N4OS. The number of hydrogen-bond donors (Lipinski definition) is 1. The highest BCUT2D eigenvalue weighted by Crippen LogP contribution is 2.32. The van der Waals surface area contributed by atoms with Crippen molar-refractivity contribution >= 4 is 43.4 Å². The third kappa shape index (κ3) is 4.87. The van der Waals surface area contributed by atoms with Crippen molar-refractivity contribution in [1.82, 2.24) is 15.2 Å². The molecule has 0 radical (unpaired) electrons. The van der Waals surface area contributed by atoms with Gasteiger partial charge in [0, 0.05) is 39.3 Å². The van der Waals surface area contributed by atoms with E-state index in [1.807, 2.05) is 24.3 Å². The van der Waals surface area contributed by atoms with E-state index in [1.54, 1.807) is 11.3 Å². The van der Waals surface area contributed by atoms with E-state index in [4.69, 9.17) is 4.98 Å². The van der Waals surface area contributed by atoms with Crippen LogP contribution in [0.15, 0.2) is 54.6 Å². The van der Waals surface area contributed by atoms with Crippen molar-refractivity contribution in [3.8, 4) is 0 Å². The predicted molar refractivity (Wildman–Crippen MR) is 138 cm³/mol. The Hall–Kier alpha value is -2.96. The van der Waals surface area contributed by atoms with Gasteiger partial charge in [-0.2, -0.15) is 0 Å². The van der Waals surface area contributed by atoms with Gasteiger partial charge in [-0.05, 0) is 47.4 Å². The molecule has 6 heteroatoms.